The maximum Gasteiger partial charge on any atom is 0.255 e. The van der Waals surface area contributed by atoms with Crippen LogP contribution >= 0.6 is 28.3 Å². The molecule has 0 fully saturated rings. The van der Waals surface area contributed by atoms with Crippen LogP contribution in [0, 0.1) is 0 Å². The molecule has 0 unspecified atom stereocenters. The second-order valence-corrected chi connectivity index (χ2v) is 6.74. The van der Waals surface area contributed by atoms with E-state index in [1.165, 1.54) is 0 Å². The molecule has 0 saturated carbocycles. The van der Waals surface area contributed by atoms with Crippen molar-refractivity contribution in [2.24, 2.45) is 5.73 Å². The van der Waals surface area contributed by atoms with Gasteiger partial charge in [0.2, 0.25) is 6.79 Å². The molecule has 3 rings (SSSR count). The van der Waals surface area contributed by atoms with Gasteiger partial charge in [-0.3, -0.25) is 4.79 Å². The third kappa shape index (κ3) is 5.67. The quantitative estimate of drug-likeness (QED) is 0.581. The minimum absolute atomic E-state index is 0. The van der Waals surface area contributed by atoms with Crippen molar-refractivity contribution in [2.45, 2.75) is 20.0 Å². The zero-order valence-corrected chi connectivity index (χ0v) is 17.7. The Bertz CT molecular complexity index is 834. The van der Waals surface area contributed by atoms with Gasteiger partial charge >= 0.3 is 0 Å². The summed E-state index contributed by atoms with van der Waals surface area (Å²) in [5.74, 6) is 2.03. The largest absolute Gasteiger partial charge is 0.490 e. The Kier molecular flexibility index (Phi) is 8.22. The van der Waals surface area contributed by atoms with E-state index in [2.05, 4.69) is 21.2 Å². The Balaban J connectivity index is 0.00000280. The number of primary amides is 1. The predicted octanol–water partition coefficient (Wildman–Crippen LogP) is 3.15. The second kappa shape index (κ2) is 10.4. The second-order valence-electron chi connectivity index (χ2n) is 5.88. The fourth-order valence-corrected chi connectivity index (χ4v) is 3.28. The van der Waals surface area contributed by atoms with E-state index >= 15 is 0 Å². The first-order valence-electron chi connectivity index (χ1n) is 8.52. The minimum Gasteiger partial charge on any atom is -0.490 e. The molecule has 0 bridgehead atoms. The molecular weight excluding hydrogens is 452 g/mol. The van der Waals surface area contributed by atoms with E-state index in [9.17, 15) is 4.79 Å². The summed E-state index contributed by atoms with van der Waals surface area (Å²) in [5.41, 5.74) is 7.27. The van der Waals surface area contributed by atoms with Crippen molar-refractivity contribution in [3.8, 4) is 23.0 Å². The minimum atomic E-state index is -0.543. The summed E-state index contributed by atoms with van der Waals surface area (Å²) < 4.78 is 22.5. The van der Waals surface area contributed by atoms with E-state index in [1.54, 1.807) is 0 Å². The van der Waals surface area contributed by atoms with Crippen LogP contribution in [-0.4, -0.2) is 25.9 Å². The Morgan fingerprint density at radius 1 is 1.14 bits per heavy atom. The first-order valence-corrected chi connectivity index (χ1v) is 9.31. The number of rotatable bonds is 9. The number of hydrogen-bond donors (Lipinski definition) is 2. The third-order valence-corrected chi connectivity index (χ3v) is 4.41. The number of hydrogen-bond acceptors (Lipinski definition) is 6. The number of halogens is 2. The third-order valence-electron chi connectivity index (χ3n) is 3.82. The molecule has 2 aromatic carbocycles. The summed E-state index contributed by atoms with van der Waals surface area (Å²) in [6, 6.07) is 9.69. The molecule has 0 atom stereocenters. The molecule has 3 N–H and O–H groups in total. The van der Waals surface area contributed by atoms with E-state index in [-0.39, 0.29) is 25.8 Å². The maximum atomic E-state index is 11.0. The molecule has 0 aromatic heterocycles. The summed E-state index contributed by atoms with van der Waals surface area (Å²) in [4.78, 5) is 11.0. The molecule has 2 aromatic rings. The van der Waals surface area contributed by atoms with Gasteiger partial charge in [0.15, 0.2) is 29.6 Å². The molecule has 1 amide bonds. The Hall–Kier alpha value is -2.16. The van der Waals surface area contributed by atoms with Crippen molar-refractivity contribution in [1.29, 1.82) is 0 Å². The number of benzene rings is 2. The Labute approximate surface area is 178 Å². The van der Waals surface area contributed by atoms with Crippen LogP contribution in [0.1, 0.15) is 18.1 Å². The van der Waals surface area contributed by atoms with Crippen molar-refractivity contribution in [1.82, 2.24) is 5.32 Å². The number of carbonyl (C=O) groups is 1. The molecule has 1 aliphatic rings. The highest BCUT2D eigenvalue weighted by Crippen LogP contribution is 2.37. The average molecular weight is 474 g/mol. The fourth-order valence-electron chi connectivity index (χ4n) is 2.67. The predicted molar refractivity (Wildman–Crippen MR) is 110 cm³/mol. The van der Waals surface area contributed by atoms with Crippen LogP contribution < -0.4 is 30.0 Å². The number of amides is 1. The molecular formula is C19H22BrClN2O5. The van der Waals surface area contributed by atoms with E-state index in [4.69, 9.17) is 24.7 Å². The van der Waals surface area contributed by atoms with E-state index in [0.717, 1.165) is 22.6 Å². The summed E-state index contributed by atoms with van der Waals surface area (Å²) in [7, 11) is 0. The average Bonchev–Trinajstić information content (AvgIpc) is 3.09. The number of ether oxygens (including phenoxy) is 4. The van der Waals surface area contributed by atoms with Crippen molar-refractivity contribution < 1.29 is 23.7 Å². The van der Waals surface area contributed by atoms with Crippen molar-refractivity contribution in [3.63, 3.8) is 0 Å². The molecule has 9 heteroatoms. The Morgan fingerprint density at radius 2 is 1.89 bits per heavy atom. The van der Waals surface area contributed by atoms with Gasteiger partial charge in [-0.05, 0) is 58.2 Å². The van der Waals surface area contributed by atoms with Crippen molar-refractivity contribution >= 4 is 34.2 Å². The lowest BCUT2D eigenvalue weighted by Gasteiger charge is -2.15. The van der Waals surface area contributed by atoms with Gasteiger partial charge in [0, 0.05) is 13.1 Å². The summed E-state index contributed by atoms with van der Waals surface area (Å²) in [6.07, 6.45) is 0. The van der Waals surface area contributed by atoms with Gasteiger partial charge in [-0.15, -0.1) is 12.4 Å². The zero-order valence-electron chi connectivity index (χ0n) is 15.3. The van der Waals surface area contributed by atoms with Crippen molar-refractivity contribution in [2.75, 3.05) is 20.0 Å². The molecule has 7 nitrogen and oxygen atoms in total. The molecule has 0 radical (unpaired) electrons. The normalized spacial score (nSPS) is 11.6. The smallest absolute Gasteiger partial charge is 0.255 e. The van der Waals surface area contributed by atoms with E-state index in [1.807, 2.05) is 37.3 Å². The maximum absolute atomic E-state index is 11.0. The topological polar surface area (TPSA) is 92.0 Å². The van der Waals surface area contributed by atoms with Gasteiger partial charge in [0.1, 0.15) is 0 Å². The summed E-state index contributed by atoms with van der Waals surface area (Å²) >= 11 is 3.47. The van der Waals surface area contributed by atoms with Crippen molar-refractivity contribution in [3.05, 3.63) is 45.9 Å². The number of fused-ring (bicyclic) bond motifs is 1. The molecule has 28 heavy (non-hydrogen) atoms. The van der Waals surface area contributed by atoms with Crippen LogP contribution in [0.3, 0.4) is 0 Å². The lowest BCUT2D eigenvalue weighted by molar-refractivity contribution is -0.119. The highest BCUT2D eigenvalue weighted by atomic mass is 79.9. The fraction of sp³-hybridized carbons (Fsp3) is 0.316. The van der Waals surface area contributed by atoms with Gasteiger partial charge in [-0.2, -0.15) is 0 Å². The van der Waals surface area contributed by atoms with Gasteiger partial charge in [0.25, 0.3) is 5.91 Å². The van der Waals surface area contributed by atoms with Crippen LogP contribution in [0.5, 0.6) is 23.0 Å². The molecule has 1 aliphatic heterocycles. The van der Waals surface area contributed by atoms with Gasteiger partial charge in [-0.1, -0.05) is 6.07 Å². The number of nitrogens with two attached hydrogens (primary N) is 1. The first-order chi connectivity index (χ1) is 13.1. The molecule has 152 valence electrons. The SMILES string of the molecule is CCOc1cc(CNCc2ccc3c(c2)OCO3)cc(Br)c1OCC(N)=O.Cl. The van der Waals surface area contributed by atoms with E-state index < -0.39 is 5.91 Å². The molecule has 1 heterocycles. The monoisotopic (exact) mass is 472 g/mol. The van der Waals surface area contributed by atoms with E-state index in [0.29, 0.717) is 35.7 Å². The summed E-state index contributed by atoms with van der Waals surface area (Å²) in [6.45, 7) is 3.73. The lowest BCUT2D eigenvalue weighted by atomic mass is 10.1. The molecule has 0 aliphatic carbocycles. The summed E-state index contributed by atoms with van der Waals surface area (Å²) in [5, 5.41) is 3.39. The molecule has 0 saturated heterocycles. The van der Waals surface area contributed by atoms with Gasteiger partial charge in [0.05, 0.1) is 11.1 Å². The lowest BCUT2D eigenvalue weighted by Crippen LogP contribution is -2.20. The number of nitrogens with one attached hydrogen (secondary N) is 1. The number of carbonyl (C=O) groups excluding carboxylic acids is 1. The highest BCUT2D eigenvalue weighted by Gasteiger charge is 2.14. The van der Waals surface area contributed by atoms with Crippen LogP contribution in [0.25, 0.3) is 0 Å². The highest BCUT2D eigenvalue weighted by molar-refractivity contribution is 9.10. The Morgan fingerprint density at radius 3 is 2.64 bits per heavy atom. The van der Waals surface area contributed by atoms with Crippen LogP contribution in [0.4, 0.5) is 0 Å². The van der Waals surface area contributed by atoms with Crippen LogP contribution in [-0.2, 0) is 17.9 Å². The standard InChI is InChI=1S/C19H21BrN2O5.ClH/c1-2-24-17-7-13(5-14(20)19(17)25-10-18(21)23)9-22-8-12-3-4-15-16(6-12)27-11-26-15;/h3-7,22H,2,8-11H2,1H3,(H2,21,23);1H. The van der Waals surface area contributed by atoms with Gasteiger partial charge < -0.3 is 30.0 Å². The van der Waals surface area contributed by atoms with Gasteiger partial charge in [-0.25, -0.2) is 0 Å². The first kappa shape index (κ1) is 22.1. The molecule has 0 spiro atoms. The zero-order chi connectivity index (χ0) is 19.2. The van der Waals surface area contributed by atoms with Crippen LogP contribution in [0.15, 0.2) is 34.8 Å². The van der Waals surface area contributed by atoms with Crippen LogP contribution in [0.2, 0.25) is 0 Å².